The number of nitrogens with zero attached hydrogens (tertiary/aromatic N) is 2. The van der Waals surface area contributed by atoms with Crippen molar-refractivity contribution in [1.82, 2.24) is 4.98 Å². The van der Waals surface area contributed by atoms with E-state index in [9.17, 15) is 0 Å². The van der Waals surface area contributed by atoms with Crippen molar-refractivity contribution in [3.05, 3.63) is 82.5 Å². The molecule has 0 spiro atoms. The van der Waals surface area contributed by atoms with Crippen LogP contribution in [0.1, 0.15) is 16.7 Å². The Balaban J connectivity index is 1.90. The minimum atomic E-state index is 0.680. The van der Waals surface area contributed by atoms with Gasteiger partial charge in [0, 0.05) is 19.3 Å². The van der Waals surface area contributed by atoms with Crippen molar-refractivity contribution < 1.29 is 9.47 Å². The monoisotopic (exact) mass is 382 g/mol. The molecule has 0 saturated heterocycles. The zero-order valence-electron chi connectivity index (χ0n) is 15.8. The van der Waals surface area contributed by atoms with Crippen LogP contribution < -0.4 is 14.4 Å². The highest BCUT2D eigenvalue weighted by molar-refractivity contribution is 6.33. The molecule has 0 aliphatic rings. The van der Waals surface area contributed by atoms with Gasteiger partial charge in [-0.25, -0.2) is 4.98 Å². The van der Waals surface area contributed by atoms with Crippen molar-refractivity contribution in [2.45, 2.75) is 20.0 Å². The molecule has 0 saturated carbocycles. The molecule has 2 aromatic carbocycles. The zero-order chi connectivity index (χ0) is 19.2. The van der Waals surface area contributed by atoms with Crippen molar-refractivity contribution >= 4 is 17.4 Å². The maximum Gasteiger partial charge on any atom is 0.148 e. The van der Waals surface area contributed by atoms with Gasteiger partial charge in [-0.1, -0.05) is 35.9 Å². The number of ether oxygens (including phenoxy) is 2. The third kappa shape index (κ3) is 4.72. The van der Waals surface area contributed by atoms with Gasteiger partial charge in [-0.3, -0.25) is 0 Å². The van der Waals surface area contributed by atoms with Crippen LogP contribution in [0.4, 0.5) is 5.82 Å². The Morgan fingerprint density at radius 1 is 0.815 bits per heavy atom. The molecule has 3 rings (SSSR count). The average Bonchev–Trinajstić information content (AvgIpc) is 2.71. The Morgan fingerprint density at radius 2 is 1.30 bits per heavy atom. The molecule has 5 heteroatoms. The summed E-state index contributed by atoms with van der Waals surface area (Å²) >= 11 is 6.57. The van der Waals surface area contributed by atoms with Crippen molar-refractivity contribution in [3.63, 3.8) is 0 Å². The smallest absolute Gasteiger partial charge is 0.148 e. The largest absolute Gasteiger partial charge is 0.497 e. The predicted octanol–water partition coefficient (Wildman–Crippen LogP) is 5.27. The van der Waals surface area contributed by atoms with Gasteiger partial charge in [0.1, 0.15) is 17.3 Å². The number of methoxy groups -OCH3 is 2. The molecule has 0 unspecified atom stereocenters. The fraction of sp³-hybridized carbons (Fsp3) is 0.227. The van der Waals surface area contributed by atoms with Gasteiger partial charge in [-0.05, 0) is 53.9 Å². The van der Waals surface area contributed by atoms with Crippen molar-refractivity contribution in [3.8, 4) is 11.5 Å². The molecule has 0 amide bonds. The lowest BCUT2D eigenvalue weighted by molar-refractivity contribution is 0.414. The average molecular weight is 383 g/mol. The number of aryl methyl sites for hydroxylation is 1. The van der Waals surface area contributed by atoms with E-state index in [1.54, 1.807) is 20.4 Å². The number of benzene rings is 2. The summed E-state index contributed by atoms with van der Waals surface area (Å²) in [5.41, 5.74) is 3.32. The second-order valence-corrected chi connectivity index (χ2v) is 6.70. The van der Waals surface area contributed by atoms with Gasteiger partial charge < -0.3 is 14.4 Å². The van der Waals surface area contributed by atoms with Crippen LogP contribution in [0.25, 0.3) is 0 Å². The van der Waals surface area contributed by atoms with Crippen LogP contribution in [0.2, 0.25) is 5.02 Å². The van der Waals surface area contributed by atoms with Crippen LogP contribution in [0.15, 0.2) is 60.8 Å². The third-order valence-electron chi connectivity index (χ3n) is 4.43. The fourth-order valence-corrected chi connectivity index (χ4v) is 3.09. The van der Waals surface area contributed by atoms with Crippen LogP contribution in [0.3, 0.4) is 0 Å². The number of halogens is 1. The van der Waals surface area contributed by atoms with Crippen LogP contribution >= 0.6 is 11.6 Å². The van der Waals surface area contributed by atoms with E-state index in [2.05, 4.69) is 34.1 Å². The molecule has 1 heterocycles. The maximum absolute atomic E-state index is 6.57. The Morgan fingerprint density at radius 3 is 1.74 bits per heavy atom. The second-order valence-electron chi connectivity index (χ2n) is 6.32. The minimum absolute atomic E-state index is 0.680. The summed E-state index contributed by atoms with van der Waals surface area (Å²) in [6.45, 7) is 3.37. The first-order chi connectivity index (χ1) is 13.1. The van der Waals surface area contributed by atoms with Gasteiger partial charge >= 0.3 is 0 Å². The van der Waals surface area contributed by atoms with Crippen molar-refractivity contribution in [1.29, 1.82) is 0 Å². The molecular weight excluding hydrogens is 360 g/mol. The lowest BCUT2D eigenvalue weighted by Crippen LogP contribution is -2.23. The van der Waals surface area contributed by atoms with Gasteiger partial charge in [0.05, 0.1) is 19.2 Å². The Kier molecular flexibility index (Phi) is 6.20. The highest BCUT2D eigenvalue weighted by Gasteiger charge is 2.15. The Bertz CT molecular complexity index is 830. The van der Waals surface area contributed by atoms with Crippen molar-refractivity contribution in [2.75, 3.05) is 19.1 Å². The minimum Gasteiger partial charge on any atom is -0.497 e. The highest BCUT2D eigenvalue weighted by Crippen LogP contribution is 2.29. The summed E-state index contributed by atoms with van der Waals surface area (Å²) < 4.78 is 10.5. The van der Waals surface area contributed by atoms with Crippen LogP contribution in [0.5, 0.6) is 11.5 Å². The topological polar surface area (TPSA) is 34.6 Å². The first kappa shape index (κ1) is 19.1. The van der Waals surface area contributed by atoms with E-state index >= 15 is 0 Å². The van der Waals surface area contributed by atoms with Crippen LogP contribution in [-0.2, 0) is 13.1 Å². The summed E-state index contributed by atoms with van der Waals surface area (Å²) in [6, 6.07) is 18.0. The number of hydrogen-bond donors (Lipinski definition) is 0. The first-order valence-corrected chi connectivity index (χ1v) is 9.10. The first-order valence-electron chi connectivity index (χ1n) is 8.72. The molecule has 1 aromatic heterocycles. The Hall–Kier alpha value is -2.72. The van der Waals surface area contributed by atoms with E-state index < -0.39 is 0 Å². The summed E-state index contributed by atoms with van der Waals surface area (Å²) in [4.78, 5) is 6.72. The van der Waals surface area contributed by atoms with Crippen LogP contribution in [-0.4, -0.2) is 19.2 Å². The Labute approximate surface area is 165 Å². The van der Waals surface area contributed by atoms with Gasteiger partial charge in [0.25, 0.3) is 0 Å². The summed E-state index contributed by atoms with van der Waals surface area (Å²) in [6.07, 6.45) is 1.80. The summed E-state index contributed by atoms with van der Waals surface area (Å²) in [5, 5.41) is 0.680. The van der Waals surface area contributed by atoms with E-state index in [4.69, 9.17) is 21.1 Å². The quantitative estimate of drug-likeness (QED) is 0.557. The number of rotatable bonds is 7. The number of anilines is 1. The predicted molar refractivity (Wildman–Crippen MR) is 110 cm³/mol. The van der Waals surface area contributed by atoms with E-state index in [1.807, 2.05) is 37.3 Å². The molecule has 0 bridgehead atoms. The fourth-order valence-electron chi connectivity index (χ4n) is 2.85. The van der Waals surface area contributed by atoms with Gasteiger partial charge in [-0.2, -0.15) is 0 Å². The number of hydrogen-bond acceptors (Lipinski definition) is 4. The third-order valence-corrected chi connectivity index (χ3v) is 4.90. The van der Waals surface area contributed by atoms with E-state index in [0.717, 1.165) is 34.0 Å². The second kappa shape index (κ2) is 8.78. The van der Waals surface area contributed by atoms with Crippen LogP contribution in [0, 0.1) is 6.92 Å². The molecule has 0 N–H and O–H groups in total. The molecule has 4 nitrogen and oxygen atoms in total. The molecule has 3 aromatic rings. The number of pyridine rings is 1. The normalized spacial score (nSPS) is 10.5. The molecule has 0 radical (unpaired) electrons. The standard InChI is InChI=1S/C22H23ClN2O2/c1-16-12-13-24-22(21(16)23)25(14-17-4-8-19(26-2)9-5-17)15-18-6-10-20(27-3)11-7-18/h4-13H,14-15H2,1-3H3. The van der Waals surface area contributed by atoms with Gasteiger partial charge in [0.2, 0.25) is 0 Å². The lowest BCUT2D eigenvalue weighted by atomic mass is 10.1. The molecule has 0 atom stereocenters. The summed E-state index contributed by atoms with van der Waals surface area (Å²) in [7, 11) is 3.34. The molecule has 0 fully saturated rings. The molecule has 0 aliphatic carbocycles. The number of aromatic nitrogens is 1. The zero-order valence-corrected chi connectivity index (χ0v) is 16.5. The maximum atomic E-state index is 6.57. The van der Waals surface area contributed by atoms with E-state index in [0.29, 0.717) is 18.1 Å². The van der Waals surface area contributed by atoms with Gasteiger partial charge in [-0.15, -0.1) is 0 Å². The van der Waals surface area contributed by atoms with Crippen molar-refractivity contribution in [2.24, 2.45) is 0 Å². The molecule has 140 valence electrons. The highest BCUT2D eigenvalue weighted by atomic mass is 35.5. The summed E-state index contributed by atoms with van der Waals surface area (Å²) in [5.74, 6) is 2.46. The van der Waals surface area contributed by atoms with E-state index in [1.165, 1.54) is 0 Å². The molecule has 0 aliphatic heterocycles. The molecular formula is C22H23ClN2O2. The molecule has 27 heavy (non-hydrogen) atoms. The van der Waals surface area contributed by atoms with Gasteiger partial charge in [0.15, 0.2) is 0 Å². The SMILES string of the molecule is COc1ccc(CN(Cc2ccc(OC)cc2)c2nccc(C)c2Cl)cc1. The van der Waals surface area contributed by atoms with E-state index in [-0.39, 0.29) is 0 Å². The lowest BCUT2D eigenvalue weighted by Gasteiger charge is -2.25.